The molecule has 3 rings (SSSR count). The molecule has 1 amide bonds. The van der Waals surface area contributed by atoms with E-state index in [0.717, 1.165) is 22.3 Å². The van der Waals surface area contributed by atoms with Crippen molar-refractivity contribution in [2.75, 3.05) is 17.2 Å². The molecule has 4 heteroatoms. The Morgan fingerprint density at radius 2 is 1.78 bits per heavy atom. The standard InChI is InChI=1S/C19H17ClN2O/c1-13-17(20)7-4-8-18(13)22-19(23)12-21-16-10-9-14-5-2-3-6-15(14)11-16/h2-11,21H,12H2,1H3,(H,22,23). The second kappa shape index (κ2) is 6.71. The Kier molecular flexibility index (Phi) is 4.49. The summed E-state index contributed by atoms with van der Waals surface area (Å²) in [6, 6.07) is 19.6. The average Bonchev–Trinajstić information content (AvgIpc) is 2.57. The second-order valence-corrected chi connectivity index (χ2v) is 5.78. The fourth-order valence-electron chi connectivity index (χ4n) is 2.42. The van der Waals surface area contributed by atoms with Gasteiger partial charge in [0, 0.05) is 16.4 Å². The average molecular weight is 325 g/mol. The molecule has 0 radical (unpaired) electrons. The minimum Gasteiger partial charge on any atom is -0.376 e. The van der Waals surface area contributed by atoms with Gasteiger partial charge in [0.2, 0.25) is 5.91 Å². The molecule has 0 heterocycles. The van der Waals surface area contributed by atoms with Crippen molar-refractivity contribution in [2.45, 2.75) is 6.92 Å². The molecule has 0 aliphatic rings. The Labute approximate surface area is 140 Å². The summed E-state index contributed by atoms with van der Waals surface area (Å²) in [5, 5.41) is 8.98. The number of carbonyl (C=O) groups excluding carboxylic acids is 1. The number of fused-ring (bicyclic) bond motifs is 1. The van der Waals surface area contributed by atoms with E-state index in [0.29, 0.717) is 5.02 Å². The van der Waals surface area contributed by atoms with Crippen molar-refractivity contribution >= 4 is 39.7 Å². The summed E-state index contributed by atoms with van der Waals surface area (Å²) in [6.45, 7) is 2.08. The molecule has 3 aromatic carbocycles. The third-order valence-electron chi connectivity index (χ3n) is 3.74. The number of anilines is 2. The Bertz CT molecular complexity index is 861. The van der Waals surface area contributed by atoms with Crippen LogP contribution < -0.4 is 10.6 Å². The predicted octanol–water partition coefficient (Wildman–Crippen LogP) is 4.85. The molecule has 0 aliphatic heterocycles. The van der Waals surface area contributed by atoms with E-state index < -0.39 is 0 Å². The number of hydrogen-bond acceptors (Lipinski definition) is 2. The summed E-state index contributed by atoms with van der Waals surface area (Å²) in [6.07, 6.45) is 0. The van der Waals surface area contributed by atoms with Gasteiger partial charge >= 0.3 is 0 Å². The molecular formula is C19H17ClN2O. The zero-order valence-electron chi connectivity index (χ0n) is 12.8. The molecule has 3 nitrogen and oxygen atoms in total. The molecule has 23 heavy (non-hydrogen) atoms. The maximum absolute atomic E-state index is 12.1. The van der Waals surface area contributed by atoms with Crippen LogP contribution in [0.1, 0.15) is 5.56 Å². The topological polar surface area (TPSA) is 41.1 Å². The lowest BCUT2D eigenvalue weighted by atomic mass is 10.1. The van der Waals surface area contributed by atoms with E-state index in [1.165, 1.54) is 5.39 Å². The Morgan fingerprint density at radius 3 is 2.61 bits per heavy atom. The molecular weight excluding hydrogens is 308 g/mol. The highest BCUT2D eigenvalue weighted by atomic mass is 35.5. The van der Waals surface area contributed by atoms with E-state index in [2.05, 4.69) is 22.8 Å². The predicted molar refractivity (Wildman–Crippen MR) is 97.3 cm³/mol. The van der Waals surface area contributed by atoms with Gasteiger partial charge in [-0.2, -0.15) is 0 Å². The van der Waals surface area contributed by atoms with Crippen LogP contribution in [0, 0.1) is 6.92 Å². The van der Waals surface area contributed by atoms with E-state index in [-0.39, 0.29) is 12.5 Å². The Balaban J connectivity index is 1.65. The molecule has 0 spiro atoms. The highest BCUT2D eigenvalue weighted by Gasteiger charge is 2.06. The molecule has 0 saturated carbocycles. The summed E-state index contributed by atoms with van der Waals surface area (Å²) in [7, 11) is 0. The summed E-state index contributed by atoms with van der Waals surface area (Å²) < 4.78 is 0. The van der Waals surface area contributed by atoms with Gasteiger partial charge in [-0.3, -0.25) is 4.79 Å². The van der Waals surface area contributed by atoms with Crippen LogP contribution in [0.2, 0.25) is 5.02 Å². The van der Waals surface area contributed by atoms with Crippen LogP contribution in [0.15, 0.2) is 60.7 Å². The van der Waals surface area contributed by atoms with Gasteiger partial charge in [0.25, 0.3) is 0 Å². The van der Waals surface area contributed by atoms with Crippen molar-refractivity contribution in [3.63, 3.8) is 0 Å². The van der Waals surface area contributed by atoms with Gasteiger partial charge in [-0.15, -0.1) is 0 Å². The van der Waals surface area contributed by atoms with Gasteiger partial charge in [0.05, 0.1) is 6.54 Å². The summed E-state index contributed by atoms with van der Waals surface area (Å²) >= 11 is 6.06. The van der Waals surface area contributed by atoms with Crippen LogP contribution in [0.25, 0.3) is 10.8 Å². The molecule has 0 bridgehead atoms. The van der Waals surface area contributed by atoms with Crippen LogP contribution in [0.4, 0.5) is 11.4 Å². The van der Waals surface area contributed by atoms with Gasteiger partial charge in [-0.1, -0.05) is 48.0 Å². The first-order valence-corrected chi connectivity index (χ1v) is 7.79. The maximum Gasteiger partial charge on any atom is 0.243 e. The van der Waals surface area contributed by atoms with Crippen LogP contribution in [-0.4, -0.2) is 12.5 Å². The lowest BCUT2D eigenvalue weighted by Crippen LogP contribution is -2.22. The van der Waals surface area contributed by atoms with Crippen molar-refractivity contribution < 1.29 is 4.79 Å². The third kappa shape index (κ3) is 3.63. The lowest BCUT2D eigenvalue weighted by Gasteiger charge is -2.11. The lowest BCUT2D eigenvalue weighted by molar-refractivity contribution is -0.114. The van der Waals surface area contributed by atoms with Crippen molar-refractivity contribution in [2.24, 2.45) is 0 Å². The highest BCUT2D eigenvalue weighted by molar-refractivity contribution is 6.31. The van der Waals surface area contributed by atoms with Crippen LogP contribution in [0.5, 0.6) is 0 Å². The van der Waals surface area contributed by atoms with Gasteiger partial charge < -0.3 is 10.6 Å². The Hall–Kier alpha value is -2.52. The van der Waals surface area contributed by atoms with Crippen LogP contribution in [-0.2, 0) is 4.79 Å². The van der Waals surface area contributed by atoms with Crippen molar-refractivity contribution in [3.05, 3.63) is 71.2 Å². The van der Waals surface area contributed by atoms with Crippen molar-refractivity contribution in [1.82, 2.24) is 0 Å². The monoisotopic (exact) mass is 324 g/mol. The molecule has 0 aliphatic carbocycles. The minimum atomic E-state index is -0.108. The quantitative estimate of drug-likeness (QED) is 0.720. The Morgan fingerprint density at radius 1 is 1.00 bits per heavy atom. The molecule has 0 aromatic heterocycles. The van der Waals surface area contributed by atoms with Crippen molar-refractivity contribution in [3.8, 4) is 0 Å². The number of hydrogen-bond donors (Lipinski definition) is 2. The number of halogens is 1. The van der Waals surface area contributed by atoms with Gasteiger partial charge in [0.15, 0.2) is 0 Å². The van der Waals surface area contributed by atoms with E-state index in [4.69, 9.17) is 11.6 Å². The normalized spacial score (nSPS) is 10.5. The van der Waals surface area contributed by atoms with Gasteiger partial charge in [0.1, 0.15) is 0 Å². The van der Waals surface area contributed by atoms with Crippen molar-refractivity contribution in [1.29, 1.82) is 0 Å². The summed E-state index contributed by atoms with van der Waals surface area (Å²) in [5.41, 5.74) is 2.53. The number of rotatable bonds is 4. The number of nitrogens with one attached hydrogen (secondary N) is 2. The fraction of sp³-hybridized carbons (Fsp3) is 0.105. The van der Waals surface area contributed by atoms with E-state index in [1.54, 1.807) is 6.07 Å². The van der Waals surface area contributed by atoms with Gasteiger partial charge in [-0.05, 0) is 47.5 Å². The largest absolute Gasteiger partial charge is 0.376 e. The minimum absolute atomic E-state index is 0.108. The molecule has 3 aromatic rings. The molecule has 2 N–H and O–H groups in total. The summed E-state index contributed by atoms with van der Waals surface area (Å²) in [4.78, 5) is 12.1. The molecule has 116 valence electrons. The molecule has 0 atom stereocenters. The highest BCUT2D eigenvalue weighted by Crippen LogP contribution is 2.23. The first-order chi connectivity index (χ1) is 11.1. The van der Waals surface area contributed by atoms with Crippen LogP contribution >= 0.6 is 11.6 Å². The smallest absolute Gasteiger partial charge is 0.243 e. The number of benzene rings is 3. The first kappa shape index (κ1) is 15.4. The zero-order valence-corrected chi connectivity index (χ0v) is 13.5. The second-order valence-electron chi connectivity index (χ2n) is 5.38. The number of carbonyl (C=O) groups is 1. The maximum atomic E-state index is 12.1. The summed E-state index contributed by atoms with van der Waals surface area (Å²) in [5.74, 6) is -0.108. The van der Waals surface area contributed by atoms with Crippen LogP contribution in [0.3, 0.4) is 0 Å². The van der Waals surface area contributed by atoms with E-state index in [9.17, 15) is 4.79 Å². The third-order valence-corrected chi connectivity index (χ3v) is 4.15. The van der Waals surface area contributed by atoms with Gasteiger partial charge in [-0.25, -0.2) is 0 Å². The fourth-order valence-corrected chi connectivity index (χ4v) is 2.59. The van der Waals surface area contributed by atoms with E-state index >= 15 is 0 Å². The molecule has 0 saturated heterocycles. The molecule has 0 fully saturated rings. The van der Waals surface area contributed by atoms with E-state index in [1.807, 2.05) is 49.4 Å². The molecule has 0 unspecified atom stereocenters. The zero-order chi connectivity index (χ0) is 16.2. The SMILES string of the molecule is Cc1c(Cl)cccc1NC(=O)CNc1ccc2ccccc2c1. The number of amides is 1. The first-order valence-electron chi connectivity index (χ1n) is 7.41.